The van der Waals surface area contributed by atoms with E-state index in [4.69, 9.17) is 0 Å². The molecule has 5 heterocycles. The quantitative estimate of drug-likeness (QED) is 0.188. The van der Waals surface area contributed by atoms with Crippen LogP contribution in [0.25, 0.3) is 33.0 Å². The third kappa shape index (κ3) is 4.95. The Hall–Kier alpha value is -4.14. The van der Waals surface area contributed by atoms with Gasteiger partial charge in [0.25, 0.3) is 5.65 Å². The number of rotatable bonds is 3. The second kappa shape index (κ2) is 10.6. The van der Waals surface area contributed by atoms with Crippen molar-refractivity contribution in [3.63, 3.8) is 0 Å². The molecule has 0 atom stereocenters. The zero-order chi connectivity index (χ0) is 28.8. The summed E-state index contributed by atoms with van der Waals surface area (Å²) in [7, 11) is -4.27. The summed E-state index contributed by atoms with van der Waals surface area (Å²) in [5, 5.41) is 2.61. The summed E-state index contributed by atoms with van der Waals surface area (Å²) in [6.07, 6.45) is 7.51. The summed E-state index contributed by atoms with van der Waals surface area (Å²) >= 11 is 0. The molecule has 2 saturated heterocycles. The number of pyridine rings is 2. The highest BCUT2D eigenvalue weighted by molar-refractivity contribution is 7.85. The predicted molar refractivity (Wildman–Crippen MR) is 168 cm³/mol. The lowest BCUT2D eigenvalue weighted by Crippen LogP contribution is -2.21. The van der Waals surface area contributed by atoms with Crippen molar-refractivity contribution < 1.29 is 17.4 Å². The predicted octanol–water partition coefficient (Wildman–Crippen LogP) is 6.08. The SMILES string of the molecule is Cc1ccc(S(=O)(=O)[O-])cc1.c1cc2c(ccc3c[n+]4c5ccc(N6CCCC6)cc5ccc4n32)cc1N1CCCC1. The molecule has 0 unspecified atom stereocenters. The van der Waals surface area contributed by atoms with Crippen LogP contribution < -0.4 is 14.2 Å². The molecular formula is C34H34N4O3S. The van der Waals surface area contributed by atoms with Gasteiger partial charge in [-0.25, -0.2) is 8.42 Å². The lowest BCUT2D eigenvalue weighted by atomic mass is 10.1. The van der Waals surface area contributed by atoms with Crippen LogP contribution in [0.15, 0.2) is 96.0 Å². The zero-order valence-corrected chi connectivity index (χ0v) is 24.6. The number of hydrogen-bond donors (Lipinski definition) is 0. The van der Waals surface area contributed by atoms with Gasteiger partial charge in [-0.2, -0.15) is 8.80 Å². The average Bonchev–Trinajstić information content (AvgIpc) is 3.78. The molecule has 0 spiro atoms. The number of aryl methyl sites for hydroxylation is 1. The second-order valence-corrected chi connectivity index (χ2v) is 12.8. The molecule has 0 saturated carbocycles. The van der Waals surface area contributed by atoms with Crippen molar-refractivity contribution in [2.45, 2.75) is 37.5 Å². The molecule has 2 aliphatic rings. The van der Waals surface area contributed by atoms with E-state index >= 15 is 0 Å². The van der Waals surface area contributed by atoms with Gasteiger partial charge in [0, 0.05) is 54.4 Å². The summed E-state index contributed by atoms with van der Waals surface area (Å²) in [4.78, 5) is 4.84. The van der Waals surface area contributed by atoms with Crippen LogP contribution in [0, 0.1) is 6.92 Å². The number of benzene rings is 3. The smallest absolute Gasteiger partial charge is 0.292 e. The fourth-order valence-electron chi connectivity index (χ4n) is 6.39. The van der Waals surface area contributed by atoms with E-state index in [1.165, 1.54) is 108 Å². The van der Waals surface area contributed by atoms with Crippen molar-refractivity contribution in [2.24, 2.45) is 0 Å². The van der Waals surface area contributed by atoms with Crippen molar-refractivity contribution in [2.75, 3.05) is 36.0 Å². The monoisotopic (exact) mass is 578 g/mol. The normalized spacial score (nSPS) is 15.7. The Balaban J connectivity index is 0.000000223. The fourth-order valence-corrected chi connectivity index (χ4v) is 6.86. The van der Waals surface area contributed by atoms with Gasteiger partial charge in [-0.3, -0.25) is 0 Å². The highest BCUT2D eigenvalue weighted by Crippen LogP contribution is 2.28. The Labute approximate surface area is 246 Å². The molecule has 8 heteroatoms. The Kier molecular flexibility index (Phi) is 6.75. The van der Waals surface area contributed by atoms with Crippen molar-refractivity contribution in [1.29, 1.82) is 0 Å². The molecular weight excluding hydrogens is 544 g/mol. The molecule has 42 heavy (non-hydrogen) atoms. The van der Waals surface area contributed by atoms with Gasteiger partial charge in [-0.1, -0.05) is 17.7 Å². The first-order valence-electron chi connectivity index (χ1n) is 14.7. The number of aromatic nitrogens is 2. The van der Waals surface area contributed by atoms with Crippen molar-refractivity contribution in [1.82, 2.24) is 4.40 Å². The molecule has 0 amide bonds. The Morgan fingerprint density at radius 3 is 1.93 bits per heavy atom. The summed E-state index contributed by atoms with van der Waals surface area (Å²) in [5.74, 6) is 0. The van der Waals surface area contributed by atoms with Crippen LogP contribution in [0.3, 0.4) is 0 Å². The third-order valence-electron chi connectivity index (χ3n) is 8.62. The molecule has 214 valence electrons. The molecule has 2 aliphatic heterocycles. The second-order valence-electron chi connectivity index (χ2n) is 11.4. The average molecular weight is 579 g/mol. The third-order valence-corrected chi connectivity index (χ3v) is 9.47. The van der Waals surface area contributed by atoms with Gasteiger partial charge in [-0.15, -0.1) is 0 Å². The summed E-state index contributed by atoms with van der Waals surface area (Å²) in [5.41, 5.74) is 8.63. The van der Waals surface area contributed by atoms with Crippen molar-refractivity contribution in [3.8, 4) is 0 Å². The Bertz CT molecular complexity index is 2040. The zero-order valence-electron chi connectivity index (χ0n) is 23.7. The highest BCUT2D eigenvalue weighted by Gasteiger charge is 2.20. The Morgan fingerprint density at radius 1 is 0.690 bits per heavy atom. The fraction of sp³-hybridized carbons (Fsp3) is 0.265. The van der Waals surface area contributed by atoms with E-state index in [2.05, 4.69) is 85.5 Å². The molecule has 6 aromatic rings. The number of anilines is 2. The van der Waals surface area contributed by atoms with E-state index in [1.54, 1.807) is 12.1 Å². The van der Waals surface area contributed by atoms with Crippen LogP contribution in [0.2, 0.25) is 0 Å². The van der Waals surface area contributed by atoms with Gasteiger partial charge in [0.05, 0.1) is 4.90 Å². The summed E-state index contributed by atoms with van der Waals surface area (Å²) in [6.45, 7) is 6.55. The van der Waals surface area contributed by atoms with Gasteiger partial charge < -0.3 is 14.4 Å². The largest absolute Gasteiger partial charge is 0.744 e. The maximum Gasteiger partial charge on any atom is 0.292 e. The van der Waals surface area contributed by atoms with Crippen LogP contribution in [0.5, 0.6) is 0 Å². The van der Waals surface area contributed by atoms with Crippen LogP contribution >= 0.6 is 0 Å². The minimum atomic E-state index is -4.27. The van der Waals surface area contributed by atoms with Gasteiger partial charge >= 0.3 is 0 Å². The van der Waals surface area contributed by atoms with Gasteiger partial charge in [0.1, 0.15) is 27.3 Å². The van der Waals surface area contributed by atoms with Crippen molar-refractivity contribution >= 4 is 54.5 Å². The number of hydrogen-bond acceptors (Lipinski definition) is 5. The lowest BCUT2D eigenvalue weighted by molar-refractivity contribution is -0.479. The molecule has 0 aliphatic carbocycles. The molecule has 3 aromatic carbocycles. The van der Waals surface area contributed by atoms with Gasteiger partial charge in [0.15, 0.2) is 5.52 Å². The lowest BCUT2D eigenvalue weighted by Gasteiger charge is -2.17. The van der Waals surface area contributed by atoms with E-state index in [-0.39, 0.29) is 4.90 Å². The summed E-state index contributed by atoms with van der Waals surface area (Å²) in [6, 6.07) is 28.8. The first kappa shape index (κ1) is 26.7. The molecule has 7 nitrogen and oxygen atoms in total. The maximum atomic E-state index is 10.4. The van der Waals surface area contributed by atoms with Crippen molar-refractivity contribution in [3.05, 3.63) is 96.7 Å². The minimum absolute atomic E-state index is 0.178. The molecule has 2 fully saturated rings. The standard InChI is InChI=1S/C27H27N4.C7H8O3S/c1-2-14-28(13-1)22-8-10-25-20(17-22)6-12-27-30(25)19-24-7-5-21-18-23(29-15-3-4-16-29)9-11-26(21)31(24)27;1-6-2-4-7(5-3-6)11(8,9)10/h5-12,17-19H,1-4,13-16H2;2-5H,1H3,(H,8,9,10)/q+1;/p-1. The van der Waals surface area contributed by atoms with Crippen LogP contribution in [-0.4, -0.2) is 43.6 Å². The van der Waals surface area contributed by atoms with E-state index < -0.39 is 10.1 Å². The topological polar surface area (TPSA) is 72.2 Å². The van der Waals surface area contributed by atoms with Gasteiger partial charge in [0.2, 0.25) is 0 Å². The Morgan fingerprint density at radius 2 is 1.29 bits per heavy atom. The number of fused-ring (bicyclic) bond motifs is 7. The summed E-state index contributed by atoms with van der Waals surface area (Å²) < 4.78 is 35.9. The van der Waals surface area contributed by atoms with Gasteiger partial charge in [-0.05, 0) is 99.3 Å². The van der Waals surface area contributed by atoms with Crippen LogP contribution in [0.1, 0.15) is 31.2 Å². The van der Waals surface area contributed by atoms with E-state index in [9.17, 15) is 13.0 Å². The molecule has 0 bridgehead atoms. The molecule has 8 rings (SSSR count). The highest BCUT2D eigenvalue weighted by atomic mass is 32.2. The maximum absolute atomic E-state index is 10.4. The molecule has 3 aromatic heterocycles. The molecule has 0 radical (unpaired) electrons. The molecule has 0 N–H and O–H groups in total. The number of nitrogens with zero attached hydrogens (tertiary/aromatic N) is 4. The number of imidazole rings is 1. The van der Waals surface area contributed by atoms with E-state index in [0.717, 1.165) is 5.56 Å². The van der Waals surface area contributed by atoms with E-state index in [1.807, 2.05) is 6.92 Å². The first-order chi connectivity index (χ1) is 20.3. The minimum Gasteiger partial charge on any atom is -0.744 e. The van der Waals surface area contributed by atoms with E-state index in [0.29, 0.717) is 0 Å². The van der Waals surface area contributed by atoms with Crippen LogP contribution in [-0.2, 0) is 10.1 Å². The first-order valence-corrected chi connectivity index (χ1v) is 16.1. The van der Waals surface area contributed by atoms with Crippen LogP contribution in [0.4, 0.5) is 11.4 Å².